The van der Waals surface area contributed by atoms with Crippen LogP contribution in [0.25, 0.3) is 0 Å². The van der Waals surface area contributed by atoms with Gasteiger partial charge >= 0.3 is 0 Å². The molecule has 3 heteroatoms. The number of hydrogen-bond donors (Lipinski definition) is 1. The maximum Gasteiger partial charge on any atom is 0.147 e. The van der Waals surface area contributed by atoms with E-state index >= 15 is 0 Å². The highest BCUT2D eigenvalue weighted by atomic mass is 16.3. The average molecular weight is 235 g/mol. The number of carbonyl (C=O) groups is 1. The lowest BCUT2D eigenvalue weighted by atomic mass is 9.67. The highest BCUT2D eigenvalue weighted by Crippen LogP contribution is 2.39. The summed E-state index contributed by atoms with van der Waals surface area (Å²) in [6, 6.07) is 3.67. The van der Waals surface area contributed by atoms with Crippen LogP contribution in [0.15, 0.2) is 22.8 Å². The van der Waals surface area contributed by atoms with Crippen molar-refractivity contribution in [1.29, 1.82) is 0 Å². The molecule has 0 spiro atoms. The number of Topliss-reactive ketones (excluding diaryl/α,β-unsaturated/α-hetero) is 1. The van der Waals surface area contributed by atoms with Crippen LogP contribution in [-0.2, 0) is 11.2 Å². The molecule has 94 valence electrons. The van der Waals surface area contributed by atoms with Crippen LogP contribution in [0, 0.1) is 11.3 Å². The molecule has 0 aromatic carbocycles. The van der Waals surface area contributed by atoms with Crippen molar-refractivity contribution in [2.45, 2.75) is 39.0 Å². The predicted molar refractivity (Wildman–Crippen MR) is 66.5 cm³/mol. The average Bonchev–Trinajstić information content (AvgIpc) is 2.83. The molecule has 0 saturated heterocycles. The molecular formula is C14H21NO2. The Bertz CT molecular complexity index is 362. The van der Waals surface area contributed by atoms with Crippen LogP contribution in [0.1, 0.15) is 38.4 Å². The number of nitrogens with two attached hydrogens (primary N) is 1. The van der Waals surface area contributed by atoms with Gasteiger partial charge in [0.15, 0.2) is 0 Å². The fourth-order valence-corrected chi connectivity index (χ4v) is 2.67. The van der Waals surface area contributed by atoms with E-state index in [1.807, 2.05) is 12.1 Å². The lowest BCUT2D eigenvalue weighted by molar-refractivity contribution is -0.130. The largest absolute Gasteiger partial charge is 0.469 e. The quantitative estimate of drug-likeness (QED) is 0.872. The number of furan rings is 1. The van der Waals surface area contributed by atoms with Gasteiger partial charge in [0.05, 0.1) is 12.7 Å². The molecule has 1 aliphatic carbocycles. The Morgan fingerprint density at radius 1 is 1.53 bits per heavy atom. The van der Waals surface area contributed by atoms with Crippen LogP contribution >= 0.6 is 0 Å². The Morgan fingerprint density at radius 3 is 2.76 bits per heavy atom. The summed E-state index contributed by atoms with van der Waals surface area (Å²) in [7, 11) is 0. The summed E-state index contributed by atoms with van der Waals surface area (Å²) in [5.41, 5.74) is 5.57. The molecule has 0 bridgehead atoms. The Hall–Kier alpha value is -1.09. The van der Waals surface area contributed by atoms with E-state index in [2.05, 4.69) is 6.92 Å². The summed E-state index contributed by atoms with van der Waals surface area (Å²) in [4.78, 5) is 12.4. The molecule has 1 aromatic rings. The first kappa shape index (κ1) is 12.4. The second-order valence-electron chi connectivity index (χ2n) is 5.35. The predicted octanol–water partition coefficient (Wildman–Crippen LogP) is 2.55. The fourth-order valence-electron chi connectivity index (χ4n) is 2.67. The van der Waals surface area contributed by atoms with Crippen LogP contribution in [0.5, 0.6) is 0 Å². The molecule has 2 N–H and O–H groups in total. The van der Waals surface area contributed by atoms with Gasteiger partial charge in [0, 0.05) is 12.0 Å². The van der Waals surface area contributed by atoms with Crippen molar-refractivity contribution in [2.24, 2.45) is 17.1 Å². The van der Waals surface area contributed by atoms with Gasteiger partial charge in [0.1, 0.15) is 11.5 Å². The minimum atomic E-state index is -0.292. The molecule has 1 aromatic heterocycles. The van der Waals surface area contributed by atoms with Crippen molar-refractivity contribution in [3.8, 4) is 0 Å². The number of rotatable bonds is 4. The molecule has 2 rings (SSSR count). The van der Waals surface area contributed by atoms with E-state index in [9.17, 15) is 4.79 Å². The Morgan fingerprint density at radius 2 is 2.24 bits per heavy atom. The van der Waals surface area contributed by atoms with Gasteiger partial charge in [-0.05, 0) is 43.7 Å². The van der Waals surface area contributed by atoms with Crippen molar-refractivity contribution >= 4 is 5.78 Å². The number of hydrogen-bond acceptors (Lipinski definition) is 3. The van der Waals surface area contributed by atoms with Gasteiger partial charge in [-0.3, -0.25) is 4.79 Å². The topological polar surface area (TPSA) is 56.2 Å². The molecule has 0 radical (unpaired) electrons. The van der Waals surface area contributed by atoms with E-state index in [-0.39, 0.29) is 11.2 Å². The second kappa shape index (κ2) is 5.05. The van der Waals surface area contributed by atoms with Gasteiger partial charge in [-0.25, -0.2) is 0 Å². The molecule has 0 unspecified atom stereocenters. The van der Waals surface area contributed by atoms with Crippen molar-refractivity contribution in [2.75, 3.05) is 6.54 Å². The van der Waals surface area contributed by atoms with Gasteiger partial charge < -0.3 is 10.2 Å². The minimum absolute atomic E-state index is 0.252. The van der Waals surface area contributed by atoms with Gasteiger partial charge in [-0.15, -0.1) is 0 Å². The molecule has 1 heterocycles. The fraction of sp³-hybridized carbons (Fsp3) is 0.643. The molecule has 0 atom stereocenters. The van der Waals surface area contributed by atoms with Crippen LogP contribution in [0.3, 0.4) is 0 Å². The molecule has 0 aliphatic heterocycles. The van der Waals surface area contributed by atoms with E-state index in [4.69, 9.17) is 10.2 Å². The molecule has 1 saturated carbocycles. The van der Waals surface area contributed by atoms with Crippen molar-refractivity contribution in [3.63, 3.8) is 0 Å². The highest BCUT2D eigenvalue weighted by molar-refractivity contribution is 5.86. The Labute approximate surface area is 102 Å². The number of ketones is 1. The third-order valence-electron chi connectivity index (χ3n) is 4.13. The summed E-state index contributed by atoms with van der Waals surface area (Å²) < 4.78 is 5.24. The van der Waals surface area contributed by atoms with Gasteiger partial charge in [-0.2, -0.15) is 0 Å². The molecule has 17 heavy (non-hydrogen) atoms. The van der Waals surface area contributed by atoms with E-state index < -0.39 is 0 Å². The maximum absolute atomic E-state index is 12.4. The first-order valence-electron chi connectivity index (χ1n) is 6.42. The van der Waals surface area contributed by atoms with Gasteiger partial charge in [0.25, 0.3) is 0 Å². The van der Waals surface area contributed by atoms with Gasteiger partial charge in [-0.1, -0.05) is 6.92 Å². The molecule has 1 aliphatic rings. The third kappa shape index (κ3) is 2.60. The van der Waals surface area contributed by atoms with E-state index in [0.717, 1.165) is 37.4 Å². The smallest absolute Gasteiger partial charge is 0.147 e. The van der Waals surface area contributed by atoms with Crippen LogP contribution < -0.4 is 5.73 Å². The molecular weight excluding hydrogens is 214 g/mol. The van der Waals surface area contributed by atoms with Gasteiger partial charge in [0.2, 0.25) is 0 Å². The number of carbonyl (C=O) groups excluding carboxylic acids is 1. The summed E-state index contributed by atoms with van der Waals surface area (Å²) >= 11 is 0. The highest BCUT2D eigenvalue weighted by Gasteiger charge is 2.39. The van der Waals surface area contributed by atoms with Crippen molar-refractivity contribution in [1.82, 2.24) is 0 Å². The summed E-state index contributed by atoms with van der Waals surface area (Å²) in [5.74, 6) is 1.73. The van der Waals surface area contributed by atoms with E-state index in [1.165, 1.54) is 0 Å². The lowest BCUT2D eigenvalue weighted by Gasteiger charge is -2.37. The molecule has 3 nitrogen and oxygen atoms in total. The first-order valence-corrected chi connectivity index (χ1v) is 6.42. The van der Waals surface area contributed by atoms with Crippen molar-refractivity contribution in [3.05, 3.63) is 24.2 Å². The zero-order chi connectivity index (χ0) is 12.3. The first-order chi connectivity index (χ1) is 8.16. The SMILES string of the molecule is CC1CCC(CN)(C(=O)Cc2ccco2)CC1. The van der Waals surface area contributed by atoms with Crippen molar-refractivity contribution < 1.29 is 9.21 Å². The van der Waals surface area contributed by atoms with Crippen LogP contribution in [0.4, 0.5) is 0 Å². The zero-order valence-corrected chi connectivity index (χ0v) is 10.4. The van der Waals surface area contributed by atoms with E-state index in [0.29, 0.717) is 13.0 Å². The maximum atomic E-state index is 12.4. The summed E-state index contributed by atoms with van der Waals surface area (Å²) in [6.45, 7) is 2.72. The molecule has 0 amide bonds. The Balaban J connectivity index is 2.05. The monoisotopic (exact) mass is 235 g/mol. The minimum Gasteiger partial charge on any atom is -0.469 e. The van der Waals surface area contributed by atoms with E-state index in [1.54, 1.807) is 6.26 Å². The standard InChI is InChI=1S/C14H21NO2/c1-11-4-6-14(10-15,7-5-11)13(16)9-12-3-2-8-17-12/h2-3,8,11H,4-7,9-10,15H2,1H3. The second-order valence-corrected chi connectivity index (χ2v) is 5.35. The molecule has 1 fully saturated rings. The zero-order valence-electron chi connectivity index (χ0n) is 10.4. The normalized spacial score (nSPS) is 29.2. The summed E-state index contributed by atoms with van der Waals surface area (Å²) in [6.07, 6.45) is 6.09. The Kier molecular flexibility index (Phi) is 3.67. The summed E-state index contributed by atoms with van der Waals surface area (Å²) in [5, 5.41) is 0. The van der Waals surface area contributed by atoms with Crippen LogP contribution in [-0.4, -0.2) is 12.3 Å². The lowest BCUT2D eigenvalue weighted by Crippen LogP contribution is -2.42. The van der Waals surface area contributed by atoms with Crippen LogP contribution in [0.2, 0.25) is 0 Å². The third-order valence-corrected chi connectivity index (χ3v) is 4.13.